The first-order valence-corrected chi connectivity index (χ1v) is 6.28. The van der Waals surface area contributed by atoms with Gasteiger partial charge in [0, 0.05) is 31.5 Å². The van der Waals surface area contributed by atoms with Crippen LogP contribution in [-0.2, 0) is 6.54 Å². The van der Waals surface area contributed by atoms with Crippen molar-refractivity contribution in [3.63, 3.8) is 0 Å². The highest BCUT2D eigenvalue weighted by molar-refractivity contribution is 5.07. The maximum atomic E-state index is 6.22. The quantitative estimate of drug-likeness (QED) is 0.837. The molecule has 2 N–H and O–H groups in total. The van der Waals surface area contributed by atoms with Gasteiger partial charge in [0.2, 0.25) is 0 Å². The van der Waals surface area contributed by atoms with Crippen molar-refractivity contribution < 1.29 is 0 Å². The average Bonchev–Trinajstić information content (AvgIpc) is 2.85. The lowest BCUT2D eigenvalue weighted by atomic mass is 10.1. The second kappa shape index (κ2) is 4.97. The molecule has 4 nitrogen and oxygen atoms in total. The molecular formula is C12H22N4. The zero-order valence-electron chi connectivity index (χ0n) is 10.3. The Bertz CT molecular complexity index is 332. The normalized spacial score (nSPS) is 26.4. The summed E-state index contributed by atoms with van der Waals surface area (Å²) in [6, 6.07) is 0.550. The third-order valence-electron chi connectivity index (χ3n) is 3.41. The lowest BCUT2D eigenvalue weighted by Gasteiger charge is -2.26. The molecule has 1 aromatic heterocycles. The van der Waals surface area contributed by atoms with Crippen LogP contribution in [0, 0.1) is 0 Å². The number of aromatic nitrogens is 2. The summed E-state index contributed by atoms with van der Waals surface area (Å²) in [6.45, 7) is 7.56. The molecule has 2 heterocycles. The third kappa shape index (κ3) is 1.99. The van der Waals surface area contributed by atoms with Gasteiger partial charge in [-0.2, -0.15) is 0 Å². The maximum absolute atomic E-state index is 6.22. The van der Waals surface area contributed by atoms with E-state index in [1.807, 2.05) is 12.4 Å². The van der Waals surface area contributed by atoms with Crippen molar-refractivity contribution in [3.8, 4) is 0 Å². The van der Waals surface area contributed by atoms with Crippen molar-refractivity contribution in [2.75, 3.05) is 13.1 Å². The van der Waals surface area contributed by atoms with Crippen LogP contribution in [0.25, 0.3) is 0 Å². The summed E-state index contributed by atoms with van der Waals surface area (Å²) in [4.78, 5) is 6.96. The van der Waals surface area contributed by atoms with E-state index in [2.05, 4.69) is 28.3 Å². The highest BCUT2D eigenvalue weighted by Gasteiger charge is 2.34. The molecule has 4 heteroatoms. The van der Waals surface area contributed by atoms with E-state index in [0.717, 1.165) is 31.9 Å². The van der Waals surface area contributed by atoms with Gasteiger partial charge in [0.05, 0.1) is 6.04 Å². The fourth-order valence-electron chi connectivity index (χ4n) is 2.63. The first-order valence-electron chi connectivity index (χ1n) is 6.28. The van der Waals surface area contributed by atoms with Gasteiger partial charge in [-0.3, -0.25) is 4.90 Å². The van der Waals surface area contributed by atoms with Crippen molar-refractivity contribution >= 4 is 0 Å². The Morgan fingerprint density at radius 3 is 3.00 bits per heavy atom. The summed E-state index contributed by atoms with van der Waals surface area (Å²) in [5.41, 5.74) is 6.22. The van der Waals surface area contributed by atoms with Crippen LogP contribution >= 0.6 is 0 Å². The van der Waals surface area contributed by atoms with Crippen LogP contribution in [0.4, 0.5) is 0 Å². The van der Waals surface area contributed by atoms with Gasteiger partial charge in [0.1, 0.15) is 5.82 Å². The molecule has 90 valence electrons. The molecule has 0 radical (unpaired) electrons. The molecule has 0 saturated carbocycles. The molecule has 16 heavy (non-hydrogen) atoms. The standard InChI is InChI=1S/C12H22N4/c1-3-7-16-8-5-10(13)11(16)12-14-6-9-15(12)4-2/h6,9-11H,3-5,7-8,13H2,1-2H3/t10-,11-/m1/s1. The van der Waals surface area contributed by atoms with Gasteiger partial charge in [-0.25, -0.2) is 4.98 Å². The molecule has 0 bridgehead atoms. The second-order valence-corrected chi connectivity index (χ2v) is 4.50. The van der Waals surface area contributed by atoms with Gasteiger partial charge < -0.3 is 10.3 Å². The summed E-state index contributed by atoms with van der Waals surface area (Å²) < 4.78 is 2.21. The highest BCUT2D eigenvalue weighted by Crippen LogP contribution is 2.30. The molecule has 0 aromatic carbocycles. The molecule has 1 aliphatic heterocycles. The van der Waals surface area contributed by atoms with Crippen LogP contribution in [0.2, 0.25) is 0 Å². The topological polar surface area (TPSA) is 47.1 Å². The minimum atomic E-state index is 0.235. The number of nitrogens with two attached hydrogens (primary N) is 1. The monoisotopic (exact) mass is 222 g/mol. The smallest absolute Gasteiger partial charge is 0.127 e. The Kier molecular flexibility index (Phi) is 3.61. The van der Waals surface area contributed by atoms with E-state index in [4.69, 9.17) is 5.73 Å². The number of hydrogen-bond acceptors (Lipinski definition) is 3. The van der Waals surface area contributed by atoms with Gasteiger partial charge >= 0.3 is 0 Å². The molecule has 0 aliphatic carbocycles. The van der Waals surface area contributed by atoms with Gasteiger partial charge in [-0.05, 0) is 26.3 Å². The van der Waals surface area contributed by atoms with Crippen LogP contribution in [0.5, 0.6) is 0 Å². The van der Waals surface area contributed by atoms with Crippen LogP contribution in [0.15, 0.2) is 12.4 Å². The maximum Gasteiger partial charge on any atom is 0.127 e. The fraction of sp³-hybridized carbons (Fsp3) is 0.750. The van der Waals surface area contributed by atoms with E-state index in [-0.39, 0.29) is 6.04 Å². The number of likely N-dealkylation sites (tertiary alicyclic amines) is 1. The van der Waals surface area contributed by atoms with Crippen molar-refractivity contribution in [2.24, 2.45) is 5.73 Å². The summed E-state index contributed by atoms with van der Waals surface area (Å²) in [7, 11) is 0. The SMILES string of the molecule is CCCN1CC[C@@H](N)[C@@H]1c1nccn1CC. The van der Waals surface area contributed by atoms with Crippen molar-refractivity contribution in [2.45, 2.75) is 45.3 Å². The van der Waals surface area contributed by atoms with Crippen molar-refractivity contribution in [1.82, 2.24) is 14.5 Å². The summed E-state index contributed by atoms with van der Waals surface area (Å²) in [5, 5.41) is 0. The van der Waals surface area contributed by atoms with Crippen molar-refractivity contribution in [1.29, 1.82) is 0 Å². The molecule has 1 aliphatic rings. The number of rotatable bonds is 4. The highest BCUT2D eigenvalue weighted by atomic mass is 15.2. The number of hydrogen-bond donors (Lipinski definition) is 1. The predicted octanol–water partition coefficient (Wildman–Crippen LogP) is 1.39. The summed E-state index contributed by atoms with van der Waals surface area (Å²) in [6.07, 6.45) is 6.19. The number of nitrogens with zero attached hydrogens (tertiary/aromatic N) is 3. The van der Waals surface area contributed by atoms with Crippen LogP contribution in [-0.4, -0.2) is 33.6 Å². The van der Waals surface area contributed by atoms with Gasteiger partial charge in [-0.1, -0.05) is 6.92 Å². The third-order valence-corrected chi connectivity index (χ3v) is 3.41. The summed E-state index contributed by atoms with van der Waals surface area (Å²) >= 11 is 0. The Morgan fingerprint density at radius 1 is 1.50 bits per heavy atom. The lowest BCUT2D eigenvalue weighted by molar-refractivity contribution is 0.234. The first kappa shape index (κ1) is 11.6. The van der Waals surface area contributed by atoms with E-state index in [0.29, 0.717) is 6.04 Å². The number of imidazole rings is 1. The lowest BCUT2D eigenvalue weighted by Crippen LogP contribution is -2.34. The minimum absolute atomic E-state index is 0.235. The fourth-order valence-corrected chi connectivity index (χ4v) is 2.63. The molecule has 0 amide bonds. The van der Waals surface area contributed by atoms with E-state index in [9.17, 15) is 0 Å². The van der Waals surface area contributed by atoms with Crippen LogP contribution < -0.4 is 5.73 Å². The Labute approximate surface area is 97.4 Å². The summed E-state index contributed by atoms with van der Waals surface area (Å²) in [5.74, 6) is 1.14. The Hall–Kier alpha value is -0.870. The minimum Gasteiger partial charge on any atom is -0.334 e. The van der Waals surface area contributed by atoms with Gasteiger partial charge in [-0.15, -0.1) is 0 Å². The molecule has 1 saturated heterocycles. The van der Waals surface area contributed by atoms with Gasteiger partial charge in [0.25, 0.3) is 0 Å². The Balaban J connectivity index is 2.22. The van der Waals surface area contributed by atoms with E-state index in [1.165, 1.54) is 6.42 Å². The largest absolute Gasteiger partial charge is 0.334 e. The van der Waals surface area contributed by atoms with Crippen molar-refractivity contribution in [3.05, 3.63) is 18.2 Å². The molecule has 0 spiro atoms. The molecule has 1 aromatic rings. The van der Waals surface area contributed by atoms with E-state index < -0.39 is 0 Å². The van der Waals surface area contributed by atoms with Crippen LogP contribution in [0.3, 0.4) is 0 Å². The molecule has 2 atom stereocenters. The second-order valence-electron chi connectivity index (χ2n) is 4.50. The average molecular weight is 222 g/mol. The molecule has 0 unspecified atom stereocenters. The zero-order chi connectivity index (χ0) is 11.5. The molecular weight excluding hydrogens is 200 g/mol. The van der Waals surface area contributed by atoms with Gasteiger partial charge in [0.15, 0.2) is 0 Å². The molecule has 1 fully saturated rings. The van der Waals surface area contributed by atoms with E-state index >= 15 is 0 Å². The first-order chi connectivity index (χ1) is 7.77. The number of aryl methyl sites for hydroxylation is 1. The molecule has 2 rings (SSSR count). The van der Waals surface area contributed by atoms with E-state index in [1.54, 1.807) is 0 Å². The predicted molar refractivity (Wildman–Crippen MR) is 65.1 cm³/mol. The Morgan fingerprint density at radius 2 is 2.31 bits per heavy atom. The van der Waals surface area contributed by atoms with Crippen LogP contribution in [0.1, 0.15) is 38.6 Å². The zero-order valence-corrected chi connectivity index (χ0v) is 10.3.